The molecule has 3 N–H and O–H groups in total. The van der Waals surface area contributed by atoms with Gasteiger partial charge in [-0.3, -0.25) is 4.72 Å². The molecule has 0 fully saturated rings. The quantitative estimate of drug-likeness (QED) is 0.856. The van der Waals surface area contributed by atoms with E-state index in [-0.39, 0.29) is 5.69 Å². The molecule has 0 radical (unpaired) electrons. The van der Waals surface area contributed by atoms with Crippen LogP contribution in [0.4, 0.5) is 24.5 Å². The van der Waals surface area contributed by atoms with Crippen LogP contribution in [-0.2, 0) is 10.0 Å². The summed E-state index contributed by atoms with van der Waals surface area (Å²) in [5, 5.41) is 0. The van der Waals surface area contributed by atoms with E-state index in [0.717, 1.165) is 30.3 Å². The van der Waals surface area contributed by atoms with Crippen molar-refractivity contribution in [2.75, 3.05) is 10.5 Å². The topological polar surface area (TPSA) is 72.2 Å². The van der Waals surface area contributed by atoms with Crippen LogP contribution in [0, 0.1) is 17.5 Å². The lowest BCUT2D eigenvalue weighted by Crippen LogP contribution is -2.16. The number of hydrogen-bond acceptors (Lipinski definition) is 3. The van der Waals surface area contributed by atoms with Crippen LogP contribution in [0.3, 0.4) is 0 Å². The van der Waals surface area contributed by atoms with Crippen molar-refractivity contribution in [1.29, 1.82) is 0 Å². The Morgan fingerprint density at radius 2 is 1.75 bits per heavy atom. The molecule has 0 aliphatic rings. The van der Waals surface area contributed by atoms with Crippen molar-refractivity contribution in [3.8, 4) is 0 Å². The molecule has 0 aliphatic carbocycles. The summed E-state index contributed by atoms with van der Waals surface area (Å²) >= 11 is 0. The number of nitrogen functional groups attached to an aromatic ring is 1. The molecule has 0 bridgehead atoms. The van der Waals surface area contributed by atoms with Gasteiger partial charge in [-0.05, 0) is 30.3 Å². The molecule has 106 valence electrons. The highest BCUT2D eigenvalue weighted by atomic mass is 32.2. The van der Waals surface area contributed by atoms with Gasteiger partial charge in [0.2, 0.25) is 0 Å². The second kappa shape index (κ2) is 5.04. The van der Waals surface area contributed by atoms with Gasteiger partial charge in [0.25, 0.3) is 10.0 Å². The summed E-state index contributed by atoms with van der Waals surface area (Å²) in [5.74, 6) is -3.46. The third-order valence-corrected chi connectivity index (χ3v) is 3.82. The summed E-state index contributed by atoms with van der Waals surface area (Å²) in [4.78, 5) is -0.430. The molecule has 2 aromatic carbocycles. The number of benzene rings is 2. The number of rotatable bonds is 3. The van der Waals surface area contributed by atoms with Crippen LogP contribution in [0.1, 0.15) is 0 Å². The Morgan fingerprint density at radius 3 is 2.40 bits per heavy atom. The van der Waals surface area contributed by atoms with Crippen molar-refractivity contribution >= 4 is 21.4 Å². The predicted molar refractivity (Wildman–Crippen MR) is 68.0 cm³/mol. The molecule has 0 unspecified atom stereocenters. The fraction of sp³-hybridized carbons (Fsp3) is 0. The zero-order chi connectivity index (χ0) is 14.9. The summed E-state index contributed by atoms with van der Waals surface area (Å²) in [6.07, 6.45) is 0. The molecular weight excluding hydrogens is 293 g/mol. The lowest BCUT2D eigenvalue weighted by molar-refractivity contribution is 0.512. The Balaban J connectivity index is 2.47. The monoisotopic (exact) mass is 302 g/mol. The first-order valence-corrected chi connectivity index (χ1v) is 6.81. The maximum absolute atomic E-state index is 13.5. The van der Waals surface area contributed by atoms with Crippen LogP contribution in [0.25, 0.3) is 0 Å². The summed E-state index contributed by atoms with van der Waals surface area (Å²) in [7, 11) is -4.27. The molecule has 0 amide bonds. The second-order valence-corrected chi connectivity index (χ2v) is 5.57. The fourth-order valence-electron chi connectivity index (χ4n) is 1.50. The lowest BCUT2D eigenvalue weighted by Gasteiger charge is -2.11. The first-order chi connectivity index (χ1) is 9.31. The molecular formula is C12H9F3N2O2S. The molecule has 20 heavy (non-hydrogen) atoms. The van der Waals surface area contributed by atoms with Crippen molar-refractivity contribution in [2.45, 2.75) is 4.90 Å². The van der Waals surface area contributed by atoms with E-state index in [1.165, 1.54) is 6.07 Å². The maximum Gasteiger partial charge on any atom is 0.262 e. The van der Waals surface area contributed by atoms with Crippen LogP contribution in [0.15, 0.2) is 41.3 Å². The number of hydrogen-bond donors (Lipinski definition) is 2. The van der Waals surface area contributed by atoms with Gasteiger partial charge in [-0.2, -0.15) is 0 Å². The zero-order valence-corrected chi connectivity index (χ0v) is 10.7. The minimum atomic E-state index is -4.27. The van der Waals surface area contributed by atoms with E-state index in [1.54, 1.807) is 4.72 Å². The van der Waals surface area contributed by atoms with Gasteiger partial charge in [0.05, 0.1) is 10.6 Å². The first kappa shape index (κ1) is 14.2. The predicted octanol–water partition coefficient (Wildman–Crippen LogP) is 2.49. The van der Waals surface area contributed by atoms with Gasteiger partial charge < -0.3 is 5.73 Å². The van der Waals surface area contributed by atoms with Crippen LogP contribution < -0.4 is 10.5 Å². The van der Waals surface area contributed by atoms with E-state index >= 15 is 0 Å². The van der Waals surface area contributed by atoms with E-state index in [1.807, 2.05) is 0 Å². The smallest absolute Gasteiger partial charge is 0.262 e. The summed E-state index contributed by atoms with van der Waals surface area (Å²) < 4.78 is 65.3. The standard InChI is InChI=1S/C12H9F3N2O2S/c13-7-2-1-3-8(6-7)20(18,19)17-12-10(16)5-4-9(14)11(12)15/h1-6,17H,16H2. The number of sulfonamides is 1. The molecule has 2 rings (SSSR count). The van der Waals surface area contributed by atoms with Crippen molar-refractivity contribution in [3.05, 3.63) is 53.8 Å². The van der Waals surface area contributed by atoms with E-state index in [2.05, 4.69) is 0 Å². The molecule has 0 aromatic heterocycles. The molecule has 0 saturated carbocycles. The third kappa shape index (κ3) is 2.69. The van der Waals surface area contributed by atoms with E-state index in [4.69, 9.17) is 5.73 Å². The third-order valence-electron chi connectivity index (χ3n) is 2.47. The SMILES string of the molecule is Nc1ccc(F)c(F)c1NS(=O)(=O)c1cccc(F)c1. The largest absolute Gasteiger partial charge is 0.397 e. The Hall–Kier alpha value is -2.22. The first-order valence-electron chi connectivity index (χ1n) is 5.33. The fourth-order valence-corrected chi connectivity index (χ4v) is 2.62. The molecule has 2 aromatic rings. The highest BCUT2D eigenvalue weighted by Gasteiger charge is 2.20. The lowest BCUT2D eigenvalue weighted by atomic mass is 10.2. The van der Waals surface area contributed by atoms with Gasteiger partial charge in [-0.15, -0.1) is 0 Å². The normalized spacial score (nSPS) is 11.3. The molecule has 0 atom stereocenters. The Morgan fingerprint density at radius 1 is 1.05 bits per heavy atom. The summed E-state index contributed by atoms with van der Waals surface area (Å²) in [6.45, 7) is 0. The highest BCUT2D eigenvalue weighted by Crippen LogP contribution is 2.27. The van der Waals surface area contributed by atoms with Gasteiger partial charge in [0.1, 0.15) is 11.5 Å². The number of nitrogens with two attached hydrogens (primary N) is 1. The number of anilines is 2. The molecule has 0 saturated heterocycles. The summed E-state index contributed by atoms with van der Waals surface area (Å²) in [5.41, 5.74) is 4.40. The van der Waals surface area contributed by atoms with Crippen molar-refractivity contribution in [3.63, 3.8) is 0 Å². The second-order valence-electron chi connectivity index (χ2n) is 3.89. The van der Waals surface area contributed by atoms with E-state index < -0.39 is 38.1 Å². The molecule has 4 nitrogen and oxygen atoms in total. The number of halogens is 3. The van der Waals surface area contributed by atoms with Gasteiger partial charge >= 0.3 is 0 Å². The van der Waals surface area contributed by atoms with Crippen molar-refractivity contribution in [1.82, 2.24) is 0 Å². The average Bonchev–Trinajstić information content (AvgIpc) is 2.39. The molecule has 0 heterocycles. The minimum absolute atomic E-state index is 0.288. The van der Waals surface area contributed by atoms with E-state index in [9.17, 15) is 21.6 Å². The average molecular weight is 302 g/mol. The van der Waals surface area contributed by atoms with Gasteiger partial charge in [0.15, 0.2) is 11.6 Å². The molecule has 0 aliphatic heterocycles. The van der Waals surface area contributed by atoms with E-state index in [0.29, 0.717) is 0 Å². The Kier molecular flexibility index (Phi) is 3.58. The zero-order valence-electron chi connectivity index (χ0n) is 9.90. The van der Waals surface area contributed by atoms with Crippen LogP contribution in [0.2, 0.25) is 0 Å². The van der Waals surface area contributed by atoms with Crippen LogP contribution in [0.5, 0.6) is 0 Å². The minimum Gasteiger partial charge on any atom is -0.397 e. The Labute approximate surface area is 113 Å². The highest BCUT2D eigenvalue weighted by molar-refractivity contribution is 7.92. The number of nitrogens with one attached hydrogen (secondary N) is 1. The Bertz CT molecular complexity index is 763. The van der Waals surface area contributed by atoms with Gasteiger partial charge in [0, 0.05) is 0 Å². The van der Waals surface area contributed by atoms with Crippen LogP contribution >= 0.6 is 0 Å². The van der Waals surface area contributed by atoms with Crippen molar-refractivity contribution in [2.24, 2.45) is 0 Å². The van der Waals surface area contributed by atoms with Crippen LogP contribution in [-0.4, -0.2) is 8.42 Å². The molecule has 0 spiro atoms. The van der Waals surface area contributed by atoms with Gasteiger partial charge in [-0.1, -0.05) is 6.07 Å². The van der Waals surface area contributed by atoms with Gasteiger partial charge in [-0.25, -0.2) is 21.6 Å². The maximum atomic E-state index is 13.5. The summed E-state index contributed by atoms with van der Waals surface area (Å²) in [6, 6.07) is 5.87. The van der Waals surface area contributed by atoms with Crippen molar-refractivity contribution < 1.29 is 21.6 Å². The molecule has 8 heteroatoms.